The molecule has 0 aliphatic rings. The zero-order chi connectivity index (χ0) is 17.8. The highest BCUT2D eigenvalue weighted by molar-refractivity contribution is 6.74. The van der Waals surface area contributed by atoms with Crippen molar-refractivity contribution in [2.24, 2.45) is 0 Å². The maximum absolute atomic E-state index is 6.38. The lowest BCUT2D eigenvalue weighted by Crippen LogP contribution is -2.43. The highest BCUT2D eigenvalue weighted by atomic mass is 28.4. The Bertz CT molecular complexity index is 695. The first kappa shape index (κ1) is 18.3. The Balaban J connectivity index is 2.13. The monoisotopic (exact) mass is 340 g/mol. The molecule has 2 aromatic carbocycles. The third-order valence-corrected chi connectivity index (χ3v) is 8.98. The molecule has 2 aromatic rings. The lowest BCUT2D eigenvalue weighted by atomic mass is 10.1. The minimum absolute atomic E-state index is 0.196. The van der Waals surface area contributed by atoms with Gasteiger partial charge in [-0.2, -0.15) is 0 Å². The van der Waals surface area contributed by atoms with Gasteiger partial charge in [0.05, 0.1) is 7.11 Å². The van der Waals surface area contributed by atoms with E-state index in [-0.39, 0.29) is 5.04 Å². The largest absolute Gasteiger partial charge is 0.543 e. The topological polar surface area (TPSA) is 18.5 Å². The molecular weight excluding hydrogens is 312 g/mol. The SMILES string of the molecule is COc1ccc(/C=C/c2cccc(O[Si](C)(C)C(C)(C)C)c2)cc1. The Kier molecular flexibility index (Phi) is 5.55. The standard InChI is InChI=1S/C21H28O2Si/c1-21(2,3)24(5,6)23-20-9-7-8-18(16-20)11-10-17-12-14-19(22-4)15-13-17/h7-16H,1-6H3/b11-10+. The van der Waals surface area contributed by atoms with Crippen LogP contribution in [0.3, 0.4) is 0 Å². The number of ether oxygens (including phenoxy) is 1. The van der Waals surface area contributed by atoms with Gasteiger partial charge in [-0.25, -0.2) is 0 Å². The van der Waals surface area contributed by atoms with Crippen LogP contribution in [0.5, 0.6) is 11.5 Å². The second kappa shape index (κ2) is 7.26. The van der Waals surface area contributed by atoms with Crippen LogP contribution in [0.1, 0.15) is 31.9 Å². The number of hydrogen-bond donors (Lipinski definition) is 0. The summed E-state index contributed by atoms with van der Waals surface area (Å²) in [6.45, 7) is 11.3. The Labute approximate surface area is 147 Å². The Morgan fingerprint density at radius 3 is 2.04 bits per heavy atom. The van der Waals surface area contributed by atoms with Crippen LogP contribution in [0.4, 0.5) is 0 Å². The van der Waals surface area contributed by atoms with Gasteiger partial charge < -0.3 is 9.16 Å². The van der Waals surface area contributed by atoms with E-state index in [0.717, 1.165) is 22.6 Å². The van der Waals surface area contributed by atoms with Crippen LogP contribution >= 0.6 is 0 Å². The summed E-state index contributed by atoms with van der Waals surface area (Å²) in [5, 5.41) is 0.196. The van der Waals surface area contributed by atoms with Gasteiger partial charge in [0.15, 0.2) is 0 Å². The first-order valence-electron chi connectivity index (χ1n) is 8.32. The summed E-state index contributed by atoms with van der Waals surface area (Å²) < 4.78 is 11.6. The molecule has 2 rings (SSSR count). The lowest BCUT2D eigenvalue weighted by molar-refractivity contribution is 0.415. The molecule has 0 saturated heterocycles. The van der Waals surface area contributed by atoms with Crippen molar-refractivity contribution in [1.29, 1.82) is 0 Å². The van der Waals surface area contributed by atoms with E-state index >= 15 is 0 Å². The number of methoxy groups -OCH3 is 1. The van der Waals surface area contributed by atoms with E-state index in [1.807, 2.05) is 30.3 Å². The normalized spacial score (nSPS) is 12.4. The van der Waals surface area contributed by atoms with E-state index in [1.54, 1.807) is 7.11 Å². The average molecular weight is 341 g/mol. The van der Waals surface area contributed by atoms with E-state index in [0.29, 0.717) is 0 Å². The molecular formula is C21H28O2Si. The highest BCUT2D eigenvalue weighted by Crippen LogP contribution is 2.37. The smallest absolute Gasteiger partial charge is 0.250 e. The molecule has 0 aliphatic heterocycles. The number of benzene rings is 2. The molecule has 128 valence electrons. The molecule has 0 fully saturated rings. The summed E-state index contributed by atoms with van der Waals surface area (Å²) in [5.41, 5.74) is 2.29. The van der Waals surface area contributed by atoms with Gasteiger partial charge in [-0.3, -0.25) is 0 Å². The summed E-state index contributed by atoms with van der Waals surface area (Å²) in [4.78, 5) is 0. The second-order valence-electron chi connectivity index (χ2n) is 7.54. The van der Waals surface area contributed by atoms with Gasteiger partial charge in [0, 0.05) is 0 Å². The molecule has 0 amide bonds. The van der Waals surface area contributed by atoms with E-state index in [1.165, 1.54) is 0 Å². The van der Waals surface area contributed by atoms with Gasteiger partial charge >= 0.3 is 0 Å². The molecule has 0 saturated carbocycles. The van der Waals surface area contributed by atoms with Crippen LogP contribution < -0.4 is 9.16 Å². The van der Waals surface area contributed by atoms with E-state index < -0.39 is 8.32 Å². The molecule has 0 N–H and O–H groups in total. The van der Waals surface area contributed by atoms with E-state index in [2.05, 4.69) is 64.2 Å². The fraction of sp³-hybridized carbons (Fsp3) is 0.333. The molecule has 0 heterocycles. The minimum atomic E-state index is -1.80. The van der Waals surface area contributed by atoms with Gasteiger partial charge in [-0.1, -0.05) is 57.2 Å². The molecule has 0 atom stereocenters. The molecule has 0 unspecified atom stereocenters. The van der Waals surface area contributed by atoms with Gasteiger partial charge in [0.25, 0.3) is 0 Å². The van der Waals surface area contributed by atoms with Crippen molar-refractivity contribution < 1.29 is 9.16 Å². The maximum atomic E-state index is 6.38. The molecule has 2 nitrogen and oxygen atoms in total. The summed E-state index contributed by atoms with van der Waals surface area (Å²) >= 11 is 0. The van der Waals surface area contributed by atoms with Crippen LogP contribution in [0.2, 0.25) is 18.1 Å². The van der Waals surface area contributed by atoms with Crippen molar-refractivity contribution in [3.63, 3.8) is 0 Å². The van der Waals surface area contributed by atoms with Crippen molar-refractivity contribution in [2.75, 3.05) is 7.11 Å². The molecule has 0 spiro atoms. The van der Waals surface area contributed by atoms with E-state index in [4.69, 9.17) is 9.16 Å². The summed E-state index contributed by atoms with van der Waals surface area (Å²) in [7, 11) is -0.125. The molecule has 0 aliphatic carbocycles. The molecule has 0 radical (unpaired) electrons. The minimum Gasteiger partial charge on any atom is -0.543 e. The third kappa shape index (κ3) is 4.75. The van der Waals surface area contributed by atoms with Crippen molar-refractivity contribution in [2.45, 2.75) is 38.9 Å². The Hall–Kier alpha value is -2.00. The number of hydrogen-bond acceptors (Lipinski definition) is 2. The highest BCUT2D eigenvalue weighted by Gasteiger charge is 2.38. The molecule has 0 aromatic heterocycles. The van der Waals surface area contributed by atoms with Crippen LogP contribution in [-0.2, 0) is 0 Å². The van der Waals surface area contributed by atoms with Crippen molar-refractivity contribution >= 4 is 20.5 Å². The van der Waals surface area contributed by atoms with Crippen molar-refractivity contribution in [3.8, 4) is 11.5 Å². The van der Waals surface area contributed by atoms with Crippen LogP contribution in [-0.4, -0.2) is 15.4 Å². The fourth-order valence-corrected chi connectivity index (χ4v) is 3.06. The Morgan fingerprint density at radius 2 is 1.46 bits per heavy atom. The first-order valence-corrected chi connectivity index (χ1v) is 11.2. The molecule has 24 heavy (non-hydrogen) atoms. The Morgan fingerprint density at radius 1 is 0.833 bits per heavy atom. The van der Waals surface area contributed by atoms with Gasteiger partial charge in [-0.15, -0.1) is 0 Å². The summed E-state index contributed by atoms with van der Waals surface area (Å²) in [6.07, 6.45) is 4.21. The first-order chi connectivity index (χ1) is 11.2. The lowest BCUT2D eigenvalue weighted by Gasteiger charge is -2.36. The van der Waals surface area contributed by atoms with Gasteiger partial charge in [0.2, 0.25) is 8.32 Å². The molecule has 0 bridgehead atoms. The zero-order valence-corrected chi connectivity index (χ0v) is 16.6. The fourth-order valence-electron chi connectivity index (χ4n) is 2.04. The van der Waals surface area contributed by atoms with Crippen LogP contribution in [0.15, 0.2) is 48.5 Å². The average Bonchev–Trinajstić information content (AvgIpc) is 2.52. The van der Waals surface area contributed by atoms with E-state index in [9.17, 15) is 0 Å². The van der Waals surface area contributed by atoms with Crippen LogP contribution in [0.25, 0.3) is 12.2 Å². The summed E-state index contributed by atoms with van der Waals surface area (Å²) in [6, 6.07) is 16.3. The molecule has 3 heteroatoms. The second-order valence-corrected chi connectivity index (χ2v) is 12.3. The third-order valence-electron chi connectivity index (χ3n) is 4.62. The predicted molar refractivity (Wildman–Crippen MR) is 106 cm³/mol. The maximum Gasteiger partial charge on any atom is 0.250 e. The zero-order valence-electron chi connectivity index (χ0n) is 15.6. The van der Waals surface area contributed by atoms with Gasteiger partial charge in [-0.05, 0) is 53.5 Å². The van der Waals surface area contributed by atoms with Crippen LogP contribution in [0, 0.1) is 0 Å². The number of rotatable bonds is 5. The van der Waals surface area contributed by atoms with Crippen molar-refractivity contribution in [1.82, 2.24) is 0 Å². The summed E-state index contributed by atoms with van der Waals surface area (Å²) in [5.74, 6) is 1.83. The van der Waals surface area contributed by atoms with Crippen molar-refractivity contribution in [3.05, 3.63) is 59.7 Å². The van der Waals surface area contributed by atoms with Gasteiger partial charge in [0.1, 0.15) is 11.5 Å². The quantitative estimate of drug-likeness (QED) is 0.473. The predicted octanol–water partition coefficient (Wildman–Crippen LogP) is 6.25.